The van der Waals surface area contributed by atoms with Crippen LogP contribution in [0.25, 0.3) is 0 Å². The van der Waals surface area contributed by atoms with E-state index in [0.29, 0.717) is 28.6 Å². The van der Waals surface area contributed by atoms with Crippen LogP contribution in [0.5, 0.6) is 0 Å². The summed E-state index contributed by atoms with van der Waals surface area (Å²) >= 11 is 0. The Bertz CT molecular complexity index is 1660. The number of carbonyl (C=O) groups excluding carboxylic acids is 5. The Balaban J connectivity index is 0.874. The van der Waals surface area contributed by atoms with Gasteiger partial charge in [-0.05, 0) is 60.6 Å². The number of nitrogens with one attached hydrogen (secondary N) is 2. The third-order valence-electron chi connectivity index (χ3n) is 11.2. The molecule has 13 heteroatoms. The van der Waals surface area contributed by atoms with Crippen molar-refractivity contribution < 1.29 is 24.0 Å². The number of fused-ring (bicyclic) bond motifs is 1. The van der Waals surface area contributed by atoms with Crippen LogP contribution in [0.1, 0.15) is 90.9 Å². The molecule has 1 aromatic carbocycles. The topological polar surface area (TPSA) is 148 Å². The first-order chi connectivity index (χ1) is 23.3. The van der Waals surface area contributed by atoms with Gasteiger partial charge in [0.25, 0.3) is 17.7 Å². The van der Waals surface area contributed by atoms with Gasteiger partial charge in [0.15, 0.2) is 0 Å². The first-order valence-corrected chi connectivity index (χ1v) is 17.5. The molecular formula is C36H46N8O5. The van der Waals surface area contributed by atoms with Gasteiger partial charge >= 0.3 is 0 Å². The van der Waals surface area contributed by atoms with Crippen molar-refractivity contribution in [3.05, 3.63) is 47.3 Å². The van der Waals surface area contributed by atoms with E-state index in [9.17, 15) is 24.0 Å². The molecule has 3 saturated heterocycles. The monoisotopic (exact) mass is 670 g/mol. The van der Waals surface area contributed by atoms with E-state index in [1.807, 2.05) is 6.07 Å². The number of benzene rings is 1. The number of aromatic nitrogens is 2. The molecule has 1 aromatic heterocycles. The summed E-state index contributed by atoms with van der Waals surface area (Å²) in [5.41, 5.74) is 2.14. The van der Waals surface area contributed by atoms with Crippen LogP contribution in [0.3, 0.4) is 0 Å². The molecule has 4 fully saturated rings. The van der Waals surface area contributed by atoms with Gasteiger partial charge in [-0.15, -0.1) is 0 Å². The van der Waals surface area contributed by atoms with Crippen LogP contribution >= 0.6 is 0 Å². The SMILES string of the molecule is CC1(C)CC(C)(C)C1NC(=O)c1cnc(N2CCC(CN3CCN(c4ccc5c(c4)C(=O)N(C4CCC(=O)NC4=O)C5=O)CC3)CC2)nc1. The molecule has 5 amide bonds. The standard InChI is InChI=1S/C36H46N8O5/c1-35(2)21-36(3,4)33(35)40-29(46)23-18-37-34(38-19-23)43-11-9-22(10-12-43)20-41-13-15-42(16-14-41)24-5-6-25-26(17-24)32(49)44(31(25)48)27-7-8-28(45)39-30(27)47/h5-6,17-19,22,27,33H,7-16,20-21H2,1-4H3,(H,40,46)(H,39,45,47). The number of nitrogens with zero attached hydrogens (tertiary/aromatic N) is 6. The summed E-state index contributed by atoms with van der Waals surface area (Å²) in [6.45, 7) is 14.9. The molecule has 7 rings (SSSR count). The Morgan fingerprint density at radius 3 is 2.14 bits per heavy atom. The Morgan fingerprint density at radius 2 is 1.51 bits per heavy atom. The van der Waals surface area contributed by atoms with Gasteiger partial charge < -0.3 is 15.1 Å². The fraction of sp³-hybridized carbons (Fsp3) is 0.583. The number of carbonyl (C=O) groups is 5. The number of anilines is 2. The van der Waals surface area contributed by atoms with E-state index in [1.165, 1.54) is 0 Å². The van der Waals surface area contributed by atoms with Crippen LogP contribution in [-0.4, -0.2) is 107 Å². The summed E-state index contributed by atoms with van der Waals surface area (Å²) in [6, 6.07) is 4.47. The zero-order valence-corrected chi connectivity index (χ0v) is 28.8. The maximum atomic E-state index is 13.3. The lowest BCUT2D eigenvalue weighted by molar-refractivity contribution is -0.136. The van der Waals surface area contributed by atoms with Crippen molar-refractivity contribution in [1.82, 2.24) is 30.4 Å². The smallest absolute Gasteiger partial charge is 0.262 e. The fourth-order valence-electron chi connectivity index (χ4n) is 9.04. The lowest BCUT2D eigenvalue weighted by atomic mass is 9.52. The van der Waals surface area contributed by atoms with E-state index in [4.69, 9.17) is 0 Å². The normalized spacial score (nSPS) is 24.5. The number of piperidine rings is 2. The highest BCUT2D eigenvalue weighted by Crippen LogP contribution is 2.53. The number of hydrogen-bond acceptors (Lipinski definition) is 10. The molecule has 1 unspecified atom stereocenters. The van der Waals surface area contributed by atoms with Crippen LogP contribution < -0.4 is 20.4 Å². The Hall–Kier alpha value is -4.39. The minimum absolute atomic E-state index is 0.0788. The molecule has 49 heavy (non-hydrogen) atoms. The van der Waals surface area contributed by atoms with Crippen LogP contribution in [-0.2, 0) is 9.59 Å². The van der Waals surface area contributed by atoms with Gasteiger partial charge in [-0.1, -0.05) is 27.7 Å². The molecule has 4 aliphatic heterocycles. The Kier molecular flexibility index (Phi) is 8.45. The van der Waals surface area contributed by atoms with E-state index < -0.39 is 23.8 Å². The molecule has 1 atom stereocenters. The molecule has 0 radical (unpaired) electrons. The zero-order chi connectivity index (χ0) is 34.7. The second kappa shape index (κ2) is 12.5. The number of imide groups is 2. The van der Waals surface area contributed by atoms with Gasteiger partial charge in [-0.2, -0.15) is 0 Å². The third-order valence-corrected chi connectivity index (χ3v) is 11.2. The van der Waals surface area contributed by atoms with E-state index in [1.54, 1.807) is 24.5 Å². The molecule has 2 N–H and O–H groups in total. The van der Waals surface area contributed by atoms with Crippen LogP contribution in [0.2, 0.25) is 0 Å². The van der Waals surface area contributed by atoms with Gasteiger partial charge in [0.05, 0.1) is 16.7 Å². The molecule has 13 nitrogen and oxygen atoms in total. The van der Waals surface area contributed by atoms with E-state index in [2.05, 4.69) is 63.0 Å². The van der Waals surface area contributed by atoms with E-state index in [0.717, 1.165) is 75.7 Å². The fourth-order valence-corrected chi connectivity index (χ4v) is 9.04. The lowest BCUT2D eigenvalue weighted by Gasteiger charge is -2.57. The second-order valence-electron chi connectivity index (χ2n) is 15.7. The summed E-state index contributed by atoms with van der Waals surface area (Å²) < 4.78 is 0. The summed E-state index contributed by atoms with van der Waals surface area (Å²) in [6.07, 6.45) is 6.69. The minimum Gasteiger partial charge on any atom is -0.369 e. The predicted molar refractivity (Wildman–Crippen MR) is 182 cm³/mol. The molecule has 1 aliphatic carbocycles. The number of rotatable bonds is 7. The van der Waals surface area contributed by atoms with E-state index >= 15 is 0 Å². The molecule has 5 heterocycles. The number of amides is 5. The highest BCUT2D eigenvalue weighted by molar-refractivity contribution is 6.23. The Labute approximate surface area is 286 Å². The molecule has 260 valence electrons. The van der Waals surface area contributed by atoms with Gasteiger partial charge in [-0.3, -0.25) is 39.1 Å². The van der Waals surface area contributed by atoms with Crippen molar-refractivity contribution >= 4 is 41.2 Å². The minimum atomic E-state index is -0.965. The van der Waals surface area contributed by atoms with Gasteiger partial charge in [-0.25, -0.2) is 9.97 Å². The maximum absolute atomic E-state index is 13.3. The lowest BCUT2D eigenvalue weighted by Crippen LogP contribution is -2.63. The van der Waals surface area contributed by atoms with Crippen LogP contribution in [0.15, 0.2) is 30.6 Å². The average molecular weight is 671 g/mol. The maximum Gasteiger partial charge on any atom is 0.262 e. The highest BCUT2D eigenvalue weighted by atomic mass is 16.2. The molecule has 5 aliphatic rings. The average Bonchev–Trinajstić information content (AvgIpc) is 3.32. The summed E-state index contributed by atoms with van der Waals surface area (Å²) in [7, 11) is 0. The summed E-state index contributed by atoms with van der Waals surface area (Å²) in [5.74, 6) is -0.834. The molecule has 0 spiro atoms. The first kappa shape index (κ1) is 33.1. The van der Waals surface area contributed by atoms with Crippen molar-refractivity contribution in [2.75, 3.05) is 55.6 Å². The van der Waals surface area contributed by atoms with Crippen molar-refractivity contribution in [2.45, 2.75) is 71.9 Å². The number of hydrogen-bond donors (Lipinski definition) is 2. The van der Waals surface area contributed by atoms with Crippen molar-refractivity contribution in [1.29, 1.82) is 0 Å². The predicted octanol–water partition coefficient (Wildman–Crippen LogP) is 2.47. The number of piperazine rings is 1. The largest absolute Gasteiger partial charge is 0.369 e. The molecule has 1 saturated carbocycles. The van der Waals surface area contributed by atoms with Crippen molar-refractivity contribution in [3.63, 3.8) is 0 Å². The zero-order valence-electron chi connectivity index (χ0n) is 28.8. The molecular weight excluding hydrogens is 624 g/mol. The summed E-state index contributed by atoms with van der Waals surface area (Å²) in [4.78, 5) is 80.3. The second-order valence-corrected chi connectivity index (χ2v) is 15.7. The van der Waals surface area contributed by atoms with Crippen LogP contribution in [0, 0.1) is 16.7 Å². The van der Waals surface area contributed by atoms with Crippen LogP contribution in [0.4, 0.5) is 11.6 Å². The molecule has 2 aromatic rings. The Morgan fingerprint density at radius 1 is 0.857 bits per heavy atom. The molecule has 0 bridgehead atoms. The van der Waals surface area contributed by atoms with Crippen molar-refractivity contribution in [3.8, 4) is 0 Å². The van der Waals surface area contributed by atoms with E-state index in [-0.39, 0.29) is 41.5 Å². The summed E-state index contributed by atoms with van der Waals surface area (Å²) in [5, 5.41) is 5.45. The van der Waals surface area contributed by atoms with Crippen molar-refractivity contribution in [2.24, 2.45) is 16.7 Å². The quantitative estimate of drug-likeness (QED) is 0.421. The van der Waals surface area contributed by atoms with Gasteiger partial charge in [0, 0.05) is 76.4 Å². The third kappa shape index (κ3) is 6.28. The highest BCUT2D eigenvalue weighted by Gasteiger charge is 2.53. The van der Waals surface area contributed by atoms with Gasteiger partial charge in [0.2, 0.25) is 17.8 Å². The van der Waals surface area contributed by atoms with Gasteiger partial charge in [0.1, 0.15) is 6.04 Å². The first-order valence-electron chi connectivity index (χ1n) is 17.5.